The third-order valence-corrected chi connectivity index (χ3v) is 6.37. The fraction of sp³-hybridized carbons (Fsp3) is 0.722. The van der Waals surface area contributed by atoms with Crippen molar-refractivity contribution in [1.29, 1.82) is 0 Å². The van der Waals surface area contributed by atoms with E-state index in [-0.39, 0.29) is 0 Å². The minimum absolute atomic E-state index is 0.559. The third kappa shape index (κ3) is 2.77. The van der Waals surface area contributed by atoms with E-state index >= 15 is 0 Å². The Bertz CT molecular complexity index is 479. The molecule has 0 N–H and O–H groups in total. The molecule has 0 bridgehead atoms. The van der Waals surface area contributed by atoms with Crippen LogP contribution in [0.2, 0.25) is 0 Å². The van der Waals surface area contributed by atoms with Crippen LogP contribution >= 0.6 is 11.8 Å². The van der Waals surface area contributed by atoms with E-state index in [2.05, 4.69) is 66.4 Å². The Morgan fingerprint density at radius 3 is 2.35 bits per heavy atom. The molecule has 2 heteroatoms. The molecule has 112 valence electrons. The summed E-state index contributed by atoms with van der Waals surface area (Å²) in [5.41, 5.74) is 5.90. The van der Waals surface area contributed by atoms with Crippen LogP contribution in [-0.4, -0.2) is 16.0 Å². The minimum atomic E-state index is 0.559. The SMILES string of the molecule is Cc1ncc(C(C)C)c2c1[C@H](C)[C@H](C)SCC2C(C)C. The first-order valence-corrected chi connectivity index (χ1v) is 9.00. The maximum absolute atomic E-state index is 4.72. The normalized spacial score (nSPS) is 26.8. The van der Waals surface area contributed by atoms with E-state index in [1.807, 2.05) is 0 Å². The summed E-state index contributed by atoms with van der Waals surface area (Å²) in [5.74, 6) is 3.77. The first kappa shape index (κ1) is 15.9. The van der Waals surface area contributed by atoms with Gasteiger partial charge in [-0.05, 0) is 47.3 Å². The highest BCUT2D eigenvalue weighted by atomic mass is 32.2. The van der Waals surface area contributed by atoms with E-state index in [1.54, 1.807) is 11.1 Å². The van der Waals surface area contributed by atoms with Crippen molar-refractivity contribution in [2.45, 2.75) is 71.5 Å². The highest BCUT2D eigenvalue weighted by Crippen LogP contribution is 2.45. The molecule has 1 aliphatic rings. The number of thioether (sulfide) groups is 1. The lowest BCUT2D eigenvalue weighted by Gasteiger charge is -2.27. The van der Waals surface area contributed by atoms with Gasteiger partial charge in [0.2, 0.25) is 0 Å². The number of nitrogens with zero attached hydrogens (tertiary/aromatic N) is 1. The van der Waals surface area contributed by atoms with Crippen LogP contribution in [0.5, 0.6) is 0 Å². The van der Waals surface area contributed by atoms with Gasteiger partial charge in [-0.15, -0.1) is 0 Å². The molecule has 1 aromatic heterocycles. The Morgan fingerprint density at radius 2 is 1.80 bits per heavy atom. The summed E-state index contributed by atoms with van der Waals surface area (Å²) < 4.78 is 0. The third-order valence-electron chi connectivity index (χ3n) is 4.88. The fourth-order valence-corrected chi connectivity index (χ4v) is 4.84. The maximum Gasteiger partial charge on any atom is 0.0410 e. The minimum Gasteiger partial charge on any atom is -0.261 e. The van der Waals surface area contributed by atoms with Crippen LogP contribution in [-0.2, 0) is 0 Å². The molecule has 0 amide bonds. The number of aryl methyl sites for hydroxylation is 1. The average Bonchev–Trinajstić information content (AvgIpc) is 2.49. The Morgan fingerprint density at radius 1 is 1.15 bits per heavy atom. The first-order chi connectivity index (χ1) is 9.34. The van der Waals surface area contributed by atoms with Crippen molar-refractivity contribution in [3.05, 3.63) is 28.6 Å². The van der Waals surface area contributed by atoms with Crippen LogP contribution in [0, 0.1) is 12.8 Å². The van der Waals surface area contributed by atoms with Crippen molar-refractivity contribution in [1.82, 2.24) is 4.98 Å². The Labute approximate surface area is 129 Å². The van der Waals surface area contributed by atoms with Crippen LogP contribution in [0.3, 0.4) is 0 Å². The van der Waals surface area contributed by atoms with E-state index in [4.69, 9.17) is 4.98 Å². The summed E-state index contributed by atoms with van der Waals surface area (Å²) >= 11 is 2.14. The van der Waals surface area contributed by atoms with Crippen LogP contribution in [0.15, 0.2) is 6.20 Å². The number of hydrogen-bond acceptors (Lipinski definition) is 2. The molecule has 0 radical (unpaired) electrons. The molecule has 0 aliphatic carbocycles. The van der Waals surface area contributed by atoms with E-state index in [0.717, 1.165) is 0 Å². The lowest BCUT2D eigenvalue weighted by molar-refractivity contribution is 0.530. The van der Waals surface area contributed by atoms with Crippen LogP contribution < -0.4 is 0 Å². The second kappa shape index (κ2) is 6.09. The van der Waals surface area contributed by atoms with Gasteiger partial charge in [0.1, 0.15) is 0 Å². The topological polar surface area (TPSA) is 12.9 Å². The fourth-order valence-electron chi connectivity index (χ4n) is 3.35. The number of aromatic nitrogens is 1. The highest BCUT2D eigenvalue weighted by Gasteiger charge is 2.32. The molecule has 2 heterocycles. The molecule has 2 rings (SSSR count). The summed E-state index contributed by atoms with van der Waals surface area (Å²) in [5, 5.41) is 0.681. The summed E-state index contributed by atoms with van der Waals surface area (Å²) in [4.78, 5) is 4.72. The number of rotatable bonds is 2. The number of hydrogen-bond donors (Lipinski definition) is 0. The predicted molar refractivity (Wildman–Crippen MR) is 91.0 cm³/mol. The lowest BCUT2D eigenvalue weighted by atomic mass is 9.78. The Hall–Kier alpha value is -0.500. The average molecular weight is 292 g/mol. The largest absolute Gasteiger partial charge is 0.261 e. The summed E-state index contributed by atoms with van der Waals surface area (Å²) in [6, 6.07) is 0. The molecule has 1 aromatic rings. The van der Waals surface area contributed by atoms with Crippen molar-refractivity contribution >= 4 is 11.8 Å². The monoisotopic (exact) mass is 291 g/mol. The summed E-state index contributed by atoms with van der Waals surface area (Å²) in [7, 11) is 0. The quantitative estimate of drug-likeness (QED) is 0.714. The number of pyridine rings is 1. The van der Waals surface area contributed by atoms with Gasteiger partial charge in [-0.1, -0.05) is 41.5 Å². The van der Waals surface area contributed by atoms with E-state index in [0.29, 0.717) is 28.9 Å². The van der Waals surface area contributed by atoms with Gasteiger partial charge < -0.3 is 0 Å². The van der Waals surface area contributed by atoms with Crippen molar-refractivity contribution in [2.75, 3.05) is 5.75 Å². The zero-order valence-corrected chi connectivity index (χ0v) is 14.8. The summed E-state index contributed by atoms with van der Waals surface area (Å²) in [6.45, 7) is 16.3. The zero-order valence-electron chi connectivity index (χ0n) is 14.0. The number of fused-ring (bicyclic) bond motifs is 1. The van der Waals surface area contributed by atoms with Gasteiger partial charge in [0.25, 0.3) is 0 Å². The Kier molecular flexibility index (Phi) is 4.84. The molecule has 1 nitrogen and oxygen atoms in total. The molecule has 0 spiro atoms. The maximum atomic E-state index is 4.72. The van der Waals surface area contributed by atoms with Gasteiger partial charge in [0.05, 0.1) is 0 Å². The molecular weight excluding hydrogens is 262 g/mol. The molecule has 0 aromatic carbocycles. The molecule has 3 atom stereocenters. The van der Waals surface area contributed by atoms with Crippen molar-refractivity contribution in [3.8, 4) is 0 Å². The van der Waals surface area contributed by atoms with Crippen molar-refractivity contribution < 1.29 is 0 Å². The Balaban J connectivity index is 2.71. The molecule has 0 saturated heterocycles. The standard InChI is InChI=1S/C18H29NS/c1-10(2)15-8-19-13(6)17-12(5)14(7)20-9-16(11(3)4)18(15)17/h8,10-12,14,16H,9H2,1-7H3/t12-,14+,16?/m1/s1. The van der Waals surface area contributed by atoms with Crippen molar-refractivity contribution in [3.63, 3.8) is 0 Å². The van der Waals surface area contributed by atoms with E-state index < -0.39 is 0 Å². The van der Waals surface area contributed by atoms with Crippen LogP contribution in [0.25, 0.3) is 0 Å². The van der Waals surface area contributed by atoms with E-state index in [9.17, 15) is 0 Å². The molecule has 20 heavy (non-hydrogen) atoms. The summed E-state index contributed by atoms with van der Waals surface area (Å²) in [6.07, 6.45) is 2.14. The van der Waals surface area contributed by atoms with Gasteiger partial charge in [0.15, 0.2) is 0 Å². The predicted octanol–water partition coefficient (Wildman–Crippen LogP) is 5.49. The molecule has 1 aliphatic heterocycles. The van der Waals surface area contributed by atoms with Gasteiger partial charge in [-0.2, -0.15) is 11.8 Å². The second-order valence-corrected chi connectivity index (χ2v) is 8.37. The van der Waals surface area contributed by atoms with Crippen molar-refractivity contribution in [2.24, 2.45) is 5.92 Å². The molecular formula is C18H29NS. The first-order valence-electron chi connectivity index (χ1n) is 7.95. The second-order valence-electron chi connectivity index (χ2n) is 6.96. The van der Waals surface area contributed by atoms with Gasteiger partial charge >= 0.3 is 0 Å². The van der Waals surface area contributed by atoms with E-state index in [1.165, 1.54) is 17.0 Å². The lowest BCUT2D eigenvalue weighted by Crippen LogP contribution is -2.16. The molecule has 0 fully saturated rings. The zero-order chi connectivity index (χ0) is 15.0. The van der Waals surface area contributed by atoms with Gasteiger partial charge in [0, 0.05) is 22.9 Å². The van der Waals surface area contributed by atoms with Gasteiger partial charge in [-0.3, -0.25) is 4.98 Å². The molecule has 1 unspecified atom stereocenters. The van der Waals surface area contributed by atoms with Gasteiger partial charge in [-0.25, -0.2) is 0 Å². The molecule has 0 saturated carbocycles. The highest BCUT2D eigenvalue weighted by molar-refractivity contribution is 7.99. The smallest absolute Gasteiger partial charge is 0.0410 e. The van der Waals surface area contributed by atoms with Crippen LogP contribution in [0.1, 0.15) is 81.7 Å². The van der Waals surface area contributed by atoms with Crippen LogP contribution in [0.4, 0.5) is 0 Å².